The first-order chi connectivity index (χ1) is 8.64. The summed E-state index contributed by atoms with van der Waals surface area (Å²) in [6, 6.07) is 3.78. The van der Waals surface area contributed by atoms with Crippen molar-refractivity contribution in [3.63, 3.8) is 0 Å². The summed E-state index contributed by atoms with van der Waals surface area (Å²) < 4.78 is 2.29. The van der Waals surface area contributed by atoms with Gasteiger partial charge in [-0.2, -0.15) is 0 Å². The number of rotatable bonds is 2. The van der Waals surface area contributed by atoms with Crippen LogP contribution < -0.4 is 5.46 Å². The van der Waals surface area contributed by atoms with Crippen molar-refractivity contribution in [2.45, 2.75) is 38.9 Å². The second kappa shape index (κ2) is 4.47. The smallest absolute Gasteiger partial charge is 0.423 e. The lowest BCUT2D eigenvalue weighted by molar-refractivity contribution is 0.425. The molecule has 102 valence electrons. The van der Waals surface area contributed by atoms with Crippen molar-refractivity contribution >= 4 is 31.9 Å². The van der Waals surface area contributed by atoms with E-state index in [1.165, 1.54) is 6.20 Å². The Balaban J connectivity index is 2.59. The maximum absolute atomic E-state index is 9.20. The summed E-state index contributed by atoms with van der Waals surface area (Å²) in [5.41, 5.74) is 1.36. The number of nitrogens with zero attached hydrogens (tertiary/aromatic N) is 2. The van der Waals surface area contributed by atoms with Crippen LogP contribution in [-0.2, 0) is 0 Å². The second-order valence-corrected chi connectivity index (χ2v) is 11.6. The topological polar surface area (TPSA) is 58.3 Å². The molecule has 0 aliphatic rings. The van der Waals surface area contributed by atoms with E-state index in [0.29, 0.717) is 5.46 Å². The van der Waals surface area contributed by atoms with Crippen LogP contribution in [0.1, 0.15) is 20.8 Å². The Labute approximate surface area is 115 Å². The third-order valence-electron chi connectivity index (χ3n) is 4.28. The highest BCUT2D eigenvalue weighted by Crippen LogP contribution is 2.38. The van der Waals surface area contributed by atoms with Crippen LogP contribution in [0.5, 0.6) is 0 Å². The van der Waals surface area contributed by atoms with Crippen LogP contribution in [0.2, 0.25) is 18.1 Å². The Kier molecular flexibility index (Phi) is 3.37. The molecule has 0 aromatic carbocycles. The standard InChI is InChI=1S/C13H21BN2O2Si/c1-13(2,3)19(4,5)16-7-6-10-8-11(14(17)18)9-15-12(10)16/h6-9,17-18H,1-5H3. The van der Waals surface area contributed by atoms with Crippen LogP contribution in [0.3, 0.4) is 0 Å². The van der Waals surface area contributed by atoms with Crippen molar-refractivity contribution in [2.24, 2.45) is 0 Å². The Hall–Kier alpha value is -1.11. The molecule has 4 nitrogen and oxygen atoms in total. The molecule has 0 radical (unpaired) electrons. The highest BCUT2D eigenvalue weighted by Gasteiger charge is 2.38. The van der Waals surface area contributed by atoms with Crippen LogP contribution in [0.4, 0.5) is 0 Å². The number of pyridine rings is 1. The molecular weight excluding hydrogens is 255 g/mol. The lowest BCUT2D eigenvalue weighted by Crippen LogP contribution is -2.45. The minimum absolute atomic E-state index is 0.218. The average Bonchev–Trinajstić information content (AvgIpc) is 2.70. The number of hydrogen-bond acceptors (Lipinski definition) is 3. The Morgan fingerprint density at radius 2 is 1.89 bits per heavy atom. The summed E-state index contributed by atoms with van der Waals surface area (Å²) in [5.74, 6) is 0. The van der Waals surface area contributed by atoms with Crippen LogP contribution in [0.25, 0.3) is 11.0 Å². The van der Waals surface area contributed by atoms with Gasteiger partial charge in [-0.25, -0.2) is 4.98 Å². The molecule has 0 aliphatic heterocycles. The lowest BCUT2D eigenvalue weighted by Gasteiger charge is -2.38. The summed E-state index contributed by atoms with van der Waals surface area (Å²) >= 11 is 0. The van der Waals surface area contributed by atoms with Gasteiger partial charge in [0, 0.05) is 17.0 Å². The van der Waals surface area contributed by atoms with Crippen molar-refractivity contribution < 1.29 is 10.0 Å². The van der Waals surface area contributed by atoms with Gasteiger partial charge in [0.15, 0.2) is 8.24 Å². The molecular formula is C13H21BN2O2Si. The van der Waals surface area contributed by atoms with Crippen molar-refractivity contribution in [3.8, 4) is 0 Å². The van der Waals surface area contributed by atoms with E-state index in [1.807, 2.05) is 6.07 Å². The van der Waals surface area contributed by atoms with E-state index < -0.39 is 15.4 Å². The second-order valence-electron chi connectivity index (χ2n) is 6.55. The van der Waals surface area contributed by atoms with E-state index in [-0.39, 0.29) is 5.04 Å². The number of aromatic nitrogens is 2. The molecule has 2 N–H and O–H groups in total. The van der Waals surface area contributed by atoms with Gasteiger partial charge in [0.25, 0.3) is 0 Å². The fourth-order valence-electron chi connectivity index (χ4n) is 1.99. The molecule has 0 bridgehead atoms. The Morgan fingerprint density at radius 3 is 2.42 bits per heavy atom. The van der Waals surface area contributed by atoms with Crippen LogP contribution >= 0.6 is 0 Å². The van der Waals surface area contributed by atoms with Crippen LogP contribution in [-0.4, -0.2) is 34.6 Å². The normalized spacial score (nSPS) is 13.0. The van der Waals surface area contributed by atoms with E-state index in [9.17, 15) is 10.0 Å². The van der Waals surface area contributed by atoms with E-state index in [2.05, 4.69) is 49.3 Å². The molecule has 2 heterocycles. The molecule has 2 rings (SSSR count). The Morgan fingerprint density at radius 1 is 1.26 bits per heavy atom. The third kappa shape index (κ3) is 2.35. The van der Waals surface area contributed by atoms with Gasteiger partial charge in [0.2, 0.25) is 0 Å². The largest absolute Gasteiger partial charge is 0.490 e. The monoisotopic (exact) mass is 276 g/mol. The maximum Gasteiger partial charge on any atom is 0.490 e. The summed E-state index contributed by atoms with van der Waals surface area (Å²) in [4.78, 5) is 4.42. The van der Waals surface area contributed by atoms with Crippen molar-refractivity contribution in [3.05, 3.63) is 24.5 Å². The molecule has 0 aliphatic carbocycles. The molecule has 0 saturated heterocycles. The van der Waals surface area contributed by atoms with Gasteiger partial charge in [0.1, 0.15) is 5.65 Å². The first-order valence-electron chi connectivity index (χ1n) is 6.48. The van der Waals surface area contributed by atoms with Gasteiger partial charge in [-0.3, -0.25) is 0 Å². The quantitative estimate of drug-likeness (QED) is 0.819. The van der Waals surface area contributed by atoms with E-state index in [4.69, 9.17) is 0 Å². The number of fused-ring (bicyclic) bond motifs is 1. The highest BCUT2D eigenvalue weighted by molar-refractivity contribution is 6.79. The fraction of sp³-hybridized carbons (Fsp3) is 0.462. The molecule has 0 amide bonds. The number of hydrogen-bond donors (Lipinski definition) is 2. The van der Waals surface area contributed by atoms with E-state index >= 15 is 0 Å². The zero-order chi connectivity index (χ0) is 14.4. The van der Waals surface area contributed by atoms with Gasteiger partial charge in [-0.15, -0.1) is 0 Å². The zero-order valence-corrected chi connectivity index (χ0v) is 13.2. The van der Waals surface area contributed by atoms with Crippen molar-refractivity contribution in [1.29, 1.82) is 0 Å². The molecule has 0 unspecified atom stereocenters. The molecule has 0 fully saturated rings. The molecule has 19 heavy (non-hydrogen) atoms. The van der Waals surface area contributed by atoms with Crippen LogP contribution in [0.15, 0.2) is 24.5 Å². The Bertz CT molecular complexity index is 602. The molecule has 0 saturated carbocycles. The molecule has 2 aromatic heterocycles. The van der Waals surface area contributed by atoms with Gasteiger partial charge < -0.3 is 14.3 Å². The first-order valence-corrected chi connectivity index (χ1v) is 9.43. The van der Waals surface area contributed by atoms with Gasteiger partial charge in [-0.05, 0) is 23.4 Å². The predicted molar refractivity (Wildman–Crippen MR) is 82.2 cm³/mol. The third-order valence-corrected chi connectivity index (χ3v) is 9.52. The van der Waals surface area contributed by atoms with Crippen molar-refractivity contribution in [2.75, 3.05) is 0 Å². The van der Waals surface area contributed by atoms with Gasteiger partial charge in [0.05, 0.1) is 0 Å². The molecule has 0 atom stereocenters. The van der Waals surface area contributed by atoms with Crippen LogP contribution in [0, 0.1) is 0 Å². The first kappa shape index (κ1) is 14.3. The van der Waals surface area contributed by atoms with Gasteiger partial charge >= 0.3 is 7.12 Å². The lowest BCUT2D eigenvalue weighted by atomic mass is 9.81. The minimum atomic E-state index is -1.71. The van der Waals surface area contributed by atoms with E-state index in [0.717, 1.165) is 11.0 Å². The molecule has 2 aromatic rings. The summed E-state index contributed by atoms with van der Waals surface area (Å²) in [6.07, 6.45) is 3.61. The predicted octanol–water partition coefficient (Wildman–Crippen LogP) is 1.57. The molecule has 0 spiro atoms. The molecule has 6 heteroatoms. The minimum Gasteiger partial charge on any atom is -0.423 e. The fourth-order valence-corrected chi connectivity index (χ4v) is 3.88. The highest BCUT2D eigenvalue weighted by atomic mass is 28.3. The SMILES string of the molecule is CC(C)(C)[Si](C)(C)n1ccc2cc(B(O)O)cnc21. The van der Waals surface area contributed by atoms with Gasteiger partial charge in [-0.1, -0.05) is 33.9 Å². The summed E-state index contributed by atoms with van der Waals surface area (Å²) in [6.45, 7) is 11.4. The van der Waals surface area contributed by atoms with Crippen molar-refractivity contribution in [1.82, 2.24) is 9.22 Å². The zero-order valence-electron chi connectivity index (χ0n) is 12.2. The average molecular weight is 276 g/mol. The summed E-state index contributed by atoms with van der Waals surface area (Å²) in [7, 11) is -3.17. The summed E-state index contributed by atoms with van der Waals surface area (Å²) in [5, 5.41) is 19.6. The maximum atomic E-state index is 9.20. The van der Waals surface area contributed by atoms with E-state index in [1.54, 1.807) is 6.07 Å².